The minimum Gasteiger partial charge on any atom is -0.489 e. The van der Waals surface area contributed by atoms with Gasteiger partial charge in [0.15, 0.2) is 0 Å². The number of aromatic nitrogens is 2. The Hall–Kier alpha value is -4.12. The highest BCUT2D eigenvalue weighted by Gasteiger charge is 2.02. The molecule has 0 saturated carbocycles. The molecule has 1 N–H and O–H groups in total. The average molecular weight is 424 g/mol. The van der Waals surface area contributed by atoms with Gasteiger partial charge in [0.25, 0.3) is 0 Å². The Morgan fingerprint density at radius 3 is 2.56 bits per heavy atom. The molecule has 32 heavy (non-hydrogen) atoms. The molecule has 5 heteroatoms. The first-order chi connectivity index (χ1) is 15.7. The van der Waals surface area contributed by atoms with Gasteiger partial charge in [-0.25, -0.2) is 4.98 Å². The molecule has 0 aliphatic heterocycles. The lowest BCUT2D eigenvalue weighted by Gasteiger charge is -2.07. The van der Waals surface area contributed by atoms with E-state index in [0.29, 0.717) is 6.61 Å². The Bertz CT molecular complexity index is 1200. The molecule has 3 aromatic carbocycles. The molecule has 0 unspecified atom stereocenters. The summed E-state index contributed by atoms with van der Waals surface area (Å²) in [5.41, 5.74) is 3.91. The van der Waals surface area contributed by atoms with Gasteiger partial charge in [-0.2, -0.15) is 0 Å². The average Bonchev–Trinajstić information content (AvgIpc) is 3.23. The van der Waals surface area contributed by atoms with Crippen molar-refractivity contribution >= 4 is 17.7 Å². The van der Waals surface area contributed by atoms with Crippen molar-refractivity contribution in [3.05, 3.63) is 120 Å². The number of ether oxygens (including phenoxy) is 1. The van der Waals surface area contributed by atoms with Crippen LogP contribution in [0.5, 0.6) is 5.75 Å². The first-order valence-corrected chi connectivity index (χ1v) is 10.5. The van der Waals surface area contributed by atoms with Gasteiger partial charge in [0.1, 0.15) is 18.2 Å². The van der Waals surface area contributed by atoms with E-state index in [0.717, 1.165) is 40.5 Å². The van der Waals surface area contributed by atoms with Crippen molar-refractivity contribution in [3.8, 4) is 5.75 Å². The Balaban J connectivity index is 1.31. The number of rotatable bonds is 8. The van der Waals surface area contributed by atoms with Crippen LogP contribution in [0.2, 0.25) is 0 Å². The smallest absolute Gasteiger partial charge is 0.248 e. The number of benzene rings is 3. The zero-order valence-electron chi connectivity index (χ0n) is 17.9. The molecular formula is C27H25N3O2. The van der Waals surface area contributed by atoms with E-state index in [1.165, 1.54) is 6.08 Å². The predicted octanol–water partition coefficient (Wildman–Crippen LogP) is 5.47. The van der Waals surface area contributed by atoms with Crippen LogP contribution in [0.15, 0.2) is 97.3 Å². The third-order valence-electron chi connectivity index (χ3n) is 5.03. The van der Waals surface area contributed by atoms with E-state index < -0.39 is 0 Å². The minimum atomic E-state index is -0.182. The lowest BCUT2D eigenvalue weighted by atomic mass is 10.2. The summed E-state index contributed by atoms with van der Waals surface area (Å²) in [7, 11) is 0. The number of nitrogens with one attached hydrogen (secondary N) is 1. The van der Waals surface area contributed by atoms with Crippen molar-refractivity contribution in [2.75, 3.05) is 5.32 Å². The Morgan fingerprint density at radius 1 is 1.00 bits per heavy atom. The number of hydrogen-bond donors (Lipinski definition) is 1. The first-order valence-electron chi connectivity index (χ1n) is 10.5. The van der Waals surface area contributed by atoms with Crippen LogP contribution in [0.25, 0.3) is 6.08 Å². The van der Waals surface area contributed by atoms with Gasteiger partial charge in [-0.15, -0.1) is 0 Å². The molecule has 1 aromatic heterocycles. The van der Waals surface area contributed by atoms with Crippen molar-refractivity contribution in [1.82, 2.24) is 9.55 Å². The SMILES string of the molecule is Cc1nccn1Cc1ccc(NC(=O)/C=C/c2cccc(OCc3ccccc3)c2)cc1. The minimum absolute atomic E-state index is 0.182. The van der Waals surface area contributed by atoms with E-state index in [1.807, 2.05) is 92.0 Å². The number of amides is 1. The van der Waals surface area contributed by atoms with Crippen molar-refractivity contribution in [3.63, 3.8) is 0 Å². The molecule has 0 aliphatic rings. The summed E-state index contributed by atoms with van der Waals surface area (Å²) >= 11 is 0. The van der Waals surface area contributed by atoms with Crippen LogP contribution < -0.4 is 10.1 Å². The molecule has 4 rings (SSSR count). The second-order valence-electron chi connectivity index (χ2n) is 7.47. The number of nitrogens with zero attached hydrogens (tertiary/aromatic N) is 2. The van der Waals surface area contributed by atoms with Crippen LogP contribution in [-0.2, 0) is 17.9 Å². The number of carbonyl (C=O) groups is 1. The van der Waals surface area contributed by atoms with Gasteiger partial charge in [0.2, 0.25) is 5.91 Å². The Morgan fingerprint density at radius 2 is 1.81 bits per heavy atom. The third kappa shape index (κ3) is 5.95. The highest BCUT2D eigenvalue weighted by Crippen LogP contribution is 2.17. The summed E-state index contributed by atoms with van der Waals surface area (Å²) < 4.78 is 7.93. The van der Waals surface area contributed by atoms with Crippen LogP contribution in [0.3, 0.4) is 0 Å². The fourth-order valence-corrected chi connectivity index (χ4v) is 3.27. The molecule has 0 radical (unpaired) electrons. The van der Waals surface area contributed by atoms with E-state index in [-0.39, 0.29) is 5.91 Å². The zero-order chi connectivity index (χ0) is 22.2. The third-order valence-corrected chi connectivity index (χ3v) is 5.03. The molecule has 0 fully saturated rings. The topological polar surface area (TPSA) is 56.2 Å². The molecule has 0 saturated heterocycles. The highest BCUT2D eigenvalue weighted by molar-refractivity contribution is 6.01. The number of aryl methyl sites for hydroxylation is 1. The monoisotopic (exact) mass is 423 g/mol. The second-order valence-corrected chi connectivity index (χ2v) is 7.47. The van der Waals surface area contributed by atoms with E-state index in [1.54, 1.807) is 12.3 Å². The van der Waals surface area contributed by atoms with Gasteiger partial charge in [0, 0.05) is 30.7 Å². The Labute approximate surface area is 188 Å². The number of anilines is 1. The zero-order valence-corrected chi connectivity index (χ0v) is 17.9. The lowest BCUT2D eigenvalue weighted by molar-refractivity contribution is -0.111. The largest absolute Gasteiger partial charge is 0.489 e. The molecule has 1 heterocycles. The Kier molecular flexibility index (Phi) is 6.78. The maximum atomic E-state index is 12.3. The molecule has 1 amide bonds. The van der Waals surface area contributed by atoms with E-state index in [2.05, 4.69) is 14.9 Å². The maximum Gasteiger partial charge on any atom is 0.248 e. The first kappa shape index (κ1) is 21.1. The summed E-state index contributed by atoms with van der Waals surface area (Å²) in [5, 5.41) is 2.89. The van der Waals surface area contributed by atoms with Crippen LogP contribution >= 0.6 is 0 Å². The van der Waals surface area contributed by atoms with Crippen molar-refractivity contribution in [2.45, 2.75) is 20.1 Å². The van der Waals surface area contributed by atoms with E-state index in [9.17, 15) is 4.79 Å². The van der Waals surface area contributed by atoms with Gasteiger partial charge < -0.3 is 14.6 Å². The summed E-state index contributed by atoms with van der Waals surface area (Å²) in [6, 6.07) is 25.5. The molecule has 0 atom stereocenters. The molecular weight excluding hydrogens is 398 g/mol. The predicted molar refractivity (Wildman–Crippen MR) is 127 cm³/mol. The van der Waals surface area contributed by atoms with E-state index in [4.69, 9.17) is 4.74 Å². The molecule has 4 aromatic rings. The summed E-state index contributed by atoms with van der Waals surface area (Å²) in [5.74, 6) is 1.56. The summed E-state index contributed by atoms with van der Waals surface area (Å²) in [6.07, 6.45) is 7.05. The second kappa shape index (κ2) is 10.3. The van der Waals surface area contributed by atoms with Crippen molar-refractivity contribution < 1.29 is 9.53 Å². The molecule has 160 valence electrons. The standard InChI is InChI=1S/C27H25N3O2/c1-21-28-16-17-30(21)19-23-10-13-25(14-11-23)29-27(31)15-12-22-8-5-9-26(18-22)32-20-24-6-3-2-4-7-24/h2-18H,19-20H2,1H3,(H,29,31)/b15-12+. The molecule has 0 spiro atoms. The maximum absolute atomic E-state index is 12.3. The number of carbonyl (C=O) groups excluding carboxylic acids is 1. The molecule has 0 bridgehead atoms. The van der Waals surface area contributed by atoms with Crippen LogP contribution in [0.4, 0.5) is 5.69 Å². The van der Waals surface area contributed by atoms with Gasteiger partial charge in [-0.1, -0.05) is 54.6 Å². The molecule has 5 nitrogen and oxygen atoms in total. The van der Waals surface area contributed by atoms with Gasteiger partial charge in [-0.05, 0) is 54.0 Å². The van der Waals surface area contributed by atoms with Crippen molar-refractivity contribution in [2.24, 2.45) is 0 Å². The fraction of sp³-hybridized carbons (Fsp3) is 0.111. The van der Waals surface area contributed by atoms with Crippen molar-refractivity contribution in [1.29, 1.82) is 0 Å². The summed E-state index contributed by atoms with van der Waals surface area (Å²) in [6.45, 7) is 3.24. The van der Waals surface area contributed by atoms with Gasteiger partial charge >= 0.3 is 0 Å². The van der Waals surface area contributed by atoms with Gasteiger partial charge in [0.05, 0.1) is 0 Å². The summed E-state index contributed by atoms with van der Waals surface area (Å²) in [4.78, 5) is 16.6. The van der Waals surface area contributed by atoms with Crippen LogP contribution in [-0.4, -0.2) is 15.5 Å². The quantitative estimate of drug-likeness (QED) is 0.382. The van der Waals surface area contributed by atoms with Gasteiger partial charge in [-0.3, -0.25) is 4.79 Å². The fourth-order valence-electron chi connectivity index (χ4n) is 3.27. The number of imidazole rings is 1. The van der Waals surface area contributed by atoms with Crippen LogP contribution in [0.1, 0.15) is 22.5 Å². The highest BCUT2D eigenvalue weighted by atomic mass is 16.5. The normalized spacial score (nSPS) is 10.9. The van der Waals surface area contributed by atoms with E-state index >= 15 is 0 Å². The van der Waals surface area contributed by atoms with Crippen LogP contribution in [0, 0.1) is 6.92 Å². The molecule has 0 aliphatic carbocycles. The lowest BCUT2D eigenvalue weighted by Crippen LogP contribution is -2.08. The number of hydrogen-bond acceptors (Lipinski definition) is 3.